The van der Waals surface area contributed by atoms with E-state index in [1.807, 2.05) is 81.4 Å². The molecule has 25 heavy (non-hydrogen) atoms. The fourth-order valence-electron chi connectivity index (χ4n) is 3.10. The molecule has 0 aromatic heterocycles. The van der Waals surface area contributed by atoms with Crippen LogP contribution in [0.5, 0.6) is 0 Å². The Hall–Kier alpha value is -2.42. The standard InChI is InChI=1S/C22H26O3/c1-16(23)21(18-13-9-6-10-14-18)19(17-11-7-5-8-12-17)15-20(24)25-22(2,3)4/h5-14,19,21H,15H2,1-4H3/t19-,21-/m1/s1. The molecule has 0 saturated carbocycles. The zero-order valence-electron chi connectivity index (χ0n) is 15.4. The predicted octanol–water partition coefficient (Wildman–Crippen LogP) is 4.87. The Morgan fingerprint density at radius 1 is 0.880 bits per heavy atom. The number of carbonyl (C=O) groups is 2. The molecule has 0 heterocycles. The summed E-state index contributed by atoms with van der Waals surface area (Å²) in [6, 6.07) is 19.4. The third-order valence-electron chi connectivity index (χ3n) is 4.03. The van der Waals surface area contributed by atoms with E-state index in [2.05, 4.69) is 0 Å². The van der Waals surface area contributed by atoms with Crippen LogP contribution in [-0.4, -0.2) is 17.4 Å². The van der Waals surface area contributed by atoms with Crippen molar-refractivity contribution in [2.24, 2.45) is 0 Å². The molecule has 0 spiro atoms. The normalized spacial score (nSPS) is 13.8. The first-order valence-corrected chi connectivity index (χ1v) is 8.60. The van der Waals surface area contributed by atoms with Crippen molar-refractivity contribution in [3.63, 3.8) is 0 Å². The van der Waals surface area contributed by atoms with Gasteiger partial charge in [0.25, 0.3) is 0 Å². The molecular formula is C22H26O3. The summed E-state index contributed by atoms with van der Waals surface area (Å²) in [5.74, 6) is -0.876. The van der Waals surface area contributed by atoms with Crippen molar-refractivity contribution in [2.45, 2.75) is 51.6 Å². The summed E-state index contributed by atoms with van der Waals surface area (Å²) >= 11 is 0. The number of ether oxygens (including phenoxy) is 1. The Morgan fingerprint density at radius 2 is 1.36 bits per heavy atom. The maximum absolute atomic E-state index is 12.5. The zero-order chi connectivity index (χ0) is 18.4. The lowest BCUT2D eigenvalue weighted by Crippen LogP contribution is -2.27. The lowest BCUT2D eigenvalue weighted by molar-refractivity contribution is -0.155. The van der Waals surface area contributed by atoms with Crippen molar-refractivity contribution in [2.75, 3.05) is 0 Å². The zero-order valence-corrected chi connectivity index (χ0v) is 15.4. The summed E-state index contributed by atoms with van der Waals surface area (Å²) in [6.07, 6.45) is 0.167. The first kappa shape index (κ1) is 18.9. The van der Waals surface area contributed by atoms with Crippen LogP contribution in [0.15, 0.2) is 60.7 Å². The SMILES string of the molecule is CC(=O)[C@H](c1ccccc1)[C@H](CC(=O)OC(C)(C)C)c1ccccc1. The average molecular weight is 338 g/mol. The van der Waals surface area contributed by atoms with Crippen molar-refractivity contribution < 1.29 is 14.3 Å². The number of Topliss-reactive ketones (excluding diaryl/α,β-unsaturated/α-hetero) is 1. The number of rotatable bonds is 6. The highest BCUT2D eigenvalue weighted by Crippen LogP contribution is 2.37. The molecule has 3 heteroatoms. The van der Waals surface area contributed by atoms with Gasteiger partial charge in [-0.25, -0.2) is 0 Å². The summed E-state index contributed by atoms with van der Waals surface area (Å²) in [4.78, 5) is 24.9. The molecule has 0 radical (unpaired) electrons. The van der Waals surface area contributed by atoms with Gasteiger partial charge in [-0.05, 0) is 38.8 Å². The number of hydrogen-bond donors (Lipinski definition) is 0. The molecule has 0 N–H and O–H groups in total. The fourth-order valence-corrected chi connectivity index (χ4v) is 3.10. The molecule has 0 bridgehead atoms. The number of esters is 1. The summed E-state index contributed by atoms with van der Waals surface area (Å²) in [5.41, 5.74) is 1.35. The van der Waals surface area contributed by atoms with Crippen molar-refractivity contribution in [3.8, 4) is 0 Å². The Kier molecular flexibility index (Phi) is 6.13. The summed E-state index contributed by atoms with van der Waals surface area (Å²) in [5, 5.41) is 0. The molecule has 2 rings (SSSR count). The molecule has 0 aliphatic carbocycles. The molecule has 132 valence electrons. The molecule has 0 amide bonds. The van der Waals surface area contributed by atoms with Crippen LogP contribution in [0.2, 0.25) is 0 Å². The van der Waals surface area contributed by atoms with E-state index in [-0.39, 0.29) is 30.0 Å². The van der Waals surface area contributed by atoms with Crippen molar-refractivity contribution in [1.82, 2.24) is 0 Å². The Morgan fingerprint density at radius 3 is 1.80 bits per heavy atom. The van der Waals surface area contributed by atoms with Gasteiger partial charge in [0.15, 0.2) is 0 Å². The summed E-state index contributed by atoms with van der Waals surface area (Å²) in [7, 11) is 0. The van der Waals surface area contributed by atoms with E-state index < -0.39 is 5.60 Å². The quantitative estimate of drug-likeness (QED) is 0.705. The van der Waals surface area contributed by atoms with Gasteiger partial charge < -0.3 is 4.74 Å². The number of carbonyl (C=O) groups excluding carboxylic acids is 2. The molecule has 0 aliphatic rings. The van der Waals surface area contributed by atoms with Gasteiger partial charge in [0.05, 0.1) is 6.42 Å². The molecule has 3 nitrogen and oxygen atoms in total. The van der Waals surface area contributed by atoms with Gasteiger partial charge in [-0.2, -0.15) is 0 Å². The Labute approximate surface area is 150 Å². The van der Waals surface area contributed by atoms with Crippen LogP contribution >= 0.6 is 0 Å². The van der Waals surface area contributed by atoms with Crippen LogP contribution < -0.4 is 0 Å². The Balaban J connectivity index is 2.39. The van der Waals surface area contributed by atoms with Crippen molar-refractivity contribution in [3.05, 3.63) is 71.8 Å². The maximum atomic E-state index is 12.5. The minimum Gasteiger partial charge on any atom is -0.460 e. The van der Waals surface area contributed by atoms with Crippen LogP contribution in [0.25, 0.3) is 0 Å². The van der Waals surface area contributed by atoms with E-state index in [1.54, 1.807) is 6.92 Å². The van der Waals surface area contributed by atoms with E-state index >= 15 is 0 Å². The number of hydrogen-bond acceptors (Lipinski definition) is 3. The highest BCUT2D eigenvalue weighted by atomic mass is 16.6. The maximum Gasteiger partial charge on any atom is 0.306 e. The largest absolute Gasteiger partial charge is 0.460 e. The highest BCUT2D eigenvalue weighted by Gasteiger charge is 2.32. The molecule has 2 atom stereocenters. The summed E-state index contributed by atoms with van der Waals surface area (Å²) in [6.45, 7) is 7.13. The van der Waals surface area contributed by atoms with Crippen LogP contribution in [0.1, 0.15) is 57.1 Å². The second kappa shape index (κ2) is 8.11. The second-order valence-electron chi connectivity index (χ2n) is 7.31. The predicted molar refractivity (Wildman–Crippen MR) is 99.5 cm³/mol. The van der Waals surface area contributed by atoms with Gasteiger partial charge >= 0.3 is 5.97 Å². The van der Waals surface area contributed by atoms with Gasteiger partial charge in [0, 0.05) is 11.8 Å². The van der Waals surface area contributed by atoms with Crippen LogP contribution in [0.4, 0.5) is 0 Å². The monoisotopic (exact) mass is 338 g/mol. The van der Waals surface area contributed by atoms with Crippen molar-refractivity contribution >= 4 is 11.8 Å². The van der Waals surface area contributed by atoms with E-state index in [9.17, 15) is 9.59 Å². The van der Waals surface area contributed by atoms with Crippen LogP contribution in [-0.2, 0) is 14.3 Å². The highest BCUT2D eigenvalue weighted by molar-refractivity contribution is 5.85. The fraction of sp³-hybridized carbons (Fsp3) is 0.364. The second-order valence-corrected chi connectivity index (χ2v) is 7.31. The van der Waals surface area contributed by atoms with Crippen LogP contribution in [0, 0.1) is 0 Å². The first-order valence-electron chi connectivity index (χ1n) is 8.60. The van der Waals surface area contributed by atoms with E-state index in [0.29, 0.717) is 0 Å². The smallest absolute Gasteiger partial charge is 0.306 e. The van der Waals surface area contributed by atoms with Gasteiger partial charge in [-0.3, -0.25) is 9.59 Å². The third-order valence-corrected chi connectivity index (χ3v) is 4.03. The Bertz CT molecular complexity index is 699. The van der Waals surface area contributed by atoms with Gasteiger partial charge in [0.2, 0.25) is 0 Å². The van der Waals surface area contributed by atoms with Gasteiger partial charge in [-0.1, -0.05) is 60.7 Å². The average Bonchev–Trinajstić information content (AvgIpc) is 2.54. The molecule has 2 aromatic carbocycles. The molecular weight excluding hydrogens is 312 g/mol. The molecule has 0 aliphatic heterocycles. The minimum atomic E-state index is -0.545. The lowest BCUT2D eigenvalue weighted by Gasteiger charge is -2.27. The summed E-state index contributed by atoms with van der Waals surface area (Å²) < 4.78 is 5.51. The van der Waals surface area contributed by atoms with Crippen LogP contribution in [0.3, 0.4) is 0 Å². The molecule has 0 unspecified atom stereocenters. The first-order chi connectivity index (χ1) is 11.8. The van der Waals surface area contributed by atoms with E-state index in [0.717, 1.165) is 11.1 Å². The van der Waals surface area contributed by atoms with E-state index in [1.165, 1.54) is 0 Å². The molecule has 2 aromatic rings. The van der Waals surface area contributed by atoms with Crippen molar-refractivity contribution in [1.29, 1.82) is 0 Å². The topological polar surface area (TPSA) is 43.4 Å². The molecule has 0 fully saturated rings. The third kappa shape index (κ3) is 5.56. The number of benzene rings is 2. The number of ketones is 1. The van der Waals surface area contributed by atoms with E-state index in [4.69, 9.17) is 4.74 Å². The van der Waals surface area contributed by atoms with Gasteiger partial charge in [0.1, 0.15) is 11.4 Å². The minimum absolute atomic E-state index is 0.0450. The molecule has 0 saturated heterocycles. The van der Waals surface area contributed by atoms with Gasteiger partial charge in [-0.15, -0.1) is 0 Å². The lowest BCUT2D eigenvalue weighted by atomic mass is 9.77.